The molecule has 0 aromatic heterocycles. The number of esters is 2. The highest BCUT2D eigenvalue weighted by Gasteiger charge is 2.25. The van der Waals surface area contributed by atoms with Crippen LogP contribution >= 0.6 is 0 Å². The number of hydrogen-bond donors (Lipinski definition) is 4. The molecule has 6 aliphatic rings. The molecule has 0 spiro atoms. The van der Waals surface area contributed by atoms with Crippen LogP contribution in [0.15, 0.2) is 74.4 Å². The first-order chi connectivity index (χ1) is 46.4. The van der Waals surface area contributed by atoms with Crippen molar-refractivity contribution >= 4 is 71.0 Å². The summed E-state index contributed by atoms with van der Waals surface area (Å²) in [6, 6.07) is 0. The van der Waals surface area contributed by atoms with Crippen LogP contribution in [0.4, 0.5) is 0 Å². The largest absolute Gasteiger partial charge is 0.463 e. The minimum absolute atomic E-state index is 0.129. The van der Waals surface area contributed by atoms with Gasteiger partial charge in [-0.05, 0) is 150 Å². The van der Waals surface area contributed by atoms with Crippen LogP contribution in [-0.2, 0) is 67.0 Å². The number of unbranched alkanes of at least 4 members (excludes halogenated alkanes) is 6. The summed E-state index contributed by atoms with van der Waals surface area (Å²) in [6.07, 6.45) is 29.7. The summed E-state index contributed by atoms with van der Waals surface area (Å²) in [7, 11) is 0. The van der Waals surface area contributed by atoms with Crippen LogP contribution in [0.25, 0.3) is 0 Å². The smallest absolute Gasteiger partial charge is 0.333 e. The average Bonchev–Trinajstić information content (AvgIpc) is 1.95. The fourth-order valence-electron chi connectivity index (χ4n) is 10.9. The van der Waals surface area contributed by atoms with Crippen LogP contribution < -0.4 is 21.3 Å². The summed E-state index contributed by atoms with van der Waals surface area (Å²) in [6.45, 7) is 39.3. The van der Waals surface area contributed by atoms with Crippen molar-refractivity contribution in [1.82, 2.24) is 50.7 Å². The number of nitrogens with zero attached hydrogens (tertiary/aromatic N) is 6. The van der Waals surface area contributed by atoms with Crippen LogP contribution in [0.5, 0.6) is 0 Å². The zero-order chi connectivity index (χ0) is 72.3. The summed E-state index contributed by atoms with van der Waals surface area (Å²) in [5.41, 5.74) is 1.42. The first-order valence-electron chi connectivity index (χ1n) is 35.4. The van der Waals surface area contributed by atoms with Crippen molar-refractivity contribution in [1.29, 1.82) is 0 Å². The normalized spacial score (nSPS) is 16.9. The summed E-state index contributed by atoms with van der Waals surface area (Å²) >= 11 is 0. The van der Waals surface area contributed by atoms with Gasteiger partial charge < -0.3 is 60.1 Å². The Labute approximate surface area is 579 Å². The van der Waals surface area contributed by atoms with E-state index >= 15 is 0 Å². The predicted molar refractivity (Wildman–Crippen MR) is 377 cm³/mol. The van der Waals surface area contributed by atoms with Gasteiger partial charge >= 0.3 is 11.9 Å². The van der Waals surface area contributed by atoms with Crippen molar-refractivity contribution in [2.24, 2.45) is 0 Å². The van der Waals surface area contributed by atoms with Gasteiger partial charge in [-0.25, -0.2) is 9.59 Å². The number of rotatable bonds is 30. The van der Waals surface area contributed by atoms with Gasteiger partial charge in [0.05, 0.1) is 13.2 Å². The minimum Gasteiger partial charge on any atom is -0.463 e. The van der Waals surface area contributed by atoms with Gasteiger partial charge in [-0.1, -0.05) is 78.0 Å². The highest BCUT2D eigenvalue weighted by atomic mass is 16.5. The van der Waals surface area contributed by atoms with Crippen molar-refractivity contribution in [2.45, 2.75) is 227 Å². The zero-order valence-corrected chi connectivity index (χ0v) is 59.7. The Bertz CT molecular complexity index is 2570. The monoisotopic (exact) mass is 1360 g/mol. The molecule has 97 heavy (non-hydrogen) atoms. The SMILES string of the molecule is C=C(C)C(=O)NC(C)N1CCCCCC1=O.C=C(C)C(=O)NCCN1CCCCCC1=O.C=C(C)C(=O)OCCCCCCN1CCCC1=O.C=CC(=O)NC(C)N1CCCCCC1=O.C=CC(=O)NCCN1CCCCCC1=O.C=CC(=O)OCCCCCCN1CCCC1=O. The van der Waals surface area contributed by atoms with Crippen LogP contribution in [0, 0.1) is 0 Å². The van der Waals surface area contributed by atoms with Gasteiger partial charge in [-0.3, -0.25) is 47.9 Å². The van der Waals surface area contributed by atoms with Crippen molar-refractivity contribution in [3.63, 3.8) is 0 Å². The second kappa shape index (κ2) is 53.2. The fraction of sp³-hybridized carbons (Fsp3) is 0.671. The average molecular weight is 1360 g/mol. The second-order valence-corrected chi connectivity index (χ2v) is 25.1. The Morgan fingerprint density at radius 3 is 1.14 bits per heavy atom. The number of nitrogens with one attached hydrogen (secondary N) is 4. The topological polar surface area (TPSA) is 291 Å². The molecule has 10 amide bonds. The van der Waals surface area contributed by atoms with E-state index in [0.717, 1.165) is 206 Å². The van der Waals surface area contributed by atoms with E-state index in [9.17, 15) is 57.5 Å². The summed E-state index contributed by atoms with van der Waals surface area (Å²) in [5, 5.41) is 10.9. The lowest BCUT2D eigenvalue weighted by molar-refractivity contribution is -0.139. The van der Waals surface area contributed by atoms with Crippen LogP contribution in [-0.4, -0.2) is 204 Å². The molecular weight excluding hydrogens is 1240 g/mol. The van der Waals surface area contributed by atoms with Gasteiger partial charge in [0.2, 0.25) is 59.1 Å². The molecule has 0 bridgehead atoms. The summed E-state index contributed by atoms with van der Waals surface area (Å²) in [4.78, 5) is 147. The number of hydrogen-bond acceptors (Lipinski definition) is 14. The molecular formula is C73H120N10O14. The molecule has 24 heteroatoms. The van der Waals surface area contributed by atoms with E-state index in [-0.39, 0.29) is 71.5 Å². The molecule has 0 saturated carbocycles. The Balaban J connectivity index is 0.000000583. The van der Waals surface area contributed by atoms with Gasteiger partial charge in [-0.15, -0.1) is 0 Å². The van der Waals surface area contributed by atoms with Crippen LogP contribution in [0.3, 0.4) is 0 Å². The first-order valence-corrected chi connectivity index (χ1v) is 35.4. The Hall–Kier alpha value is -7.92. The van der Waals surface area contributed by atoms with Gasteiger partial charge in [0.1, 0.15) is 12.3 Å². The maximum atomic E-state index is 11.8. The van der Waals surface area contributed by atoms with E-state index in [2.05, 4.69) is 60.7 Å². The molecule has 6 heterocycles. The number of amides is 10. The molecule has 2 unspecified atom stereocenters. The van der Waals surface area contributed by atoms with E-state index in [1.807, 2.05) is 33.4 Å². The third kappa shape index (κ3) is 41.1. The van der Waals surface area contributed by atoms with Crippen LogP contribution in [0.1, 0.15) is 214 Å². The third-order valence-corrected chi connectivity index (χ3v) is 16.7. The summed E-state index contributed by atoms with van der Waals surface area (Å²) in [5.74, 6) is -0.136. The number of carbonyl (C=O) groups is 12. The van der Waals surface area contributed by atoms with E-state index < -0.39 is 0 Å². The van der Waals surface area contributed by atoms with E-state index in [4.69, 9.17) is 9.47 Å². The van der Waals surface area contributed by atoms with Crippen molar-refractivity contribution < 1.29 is 67.0 Å². The zero-order valence-electron chi connectivity index (χ0n) is 59.7. The quantitative estimate of drug-likeness (QED) is 0.0298. The van der Waals surface area contributed by atoms with Crippen molar-refractivity contribution in [2.75, 3.05) is 91.8 Å². The van der Waals surface area contributed by atoms with Crippen molar-refractivity contribution in [3.8, 4) is 0 Å². The molecule has 4 N–H and O–H groups in total. The van der Waals surface area contributed by atoms with Gasteiger partial charge in [0.15, 0.2) is 0 Å². The lowest BCUT2D eigenvalue weighted by Gasteiger charge is -2.28. The Morgan fingerprint density at radius 1 is 0.392 bits per heavy atom. The lowest BCUT2D eigenvalue weighted by Crippen LogP contribution is -2.49. The molecule has 6 saturated heterocycles. The maximum Gasteiger partial charge on any atom is 0.333 e. The molecule has 2 atom stereocenters. The van der Waals surface area contributed by atoms with E-state index in [0.29, 0.717) is 93.6 Å². The molecule has 6 aliphatic heterocycles. The van der Waals surface area contributed by atoms with Crippen LogP contribution in [0.2, 0.25) is 0 Å². The number of carbonyl (C=O) groups excluding carboxylic acids is 12. The standard InChI is InChI=1S/C14H23NO3.C13H21NO3.2C12H20N2O2.2C11H18N2O2/c1-12(2)14(17)18-11-6-4-3-5-9-15-10-7-8-13(15)16;1-2-13(16)17-11-6-4-3-5-9-14-10-7-8-12(14)15;1-9(2)12(16)13-10(3)14-8-6-4-5-7-11(14)15;1-10(2)12(16)13-7-9-14-8-5-3-4-6-11(14)15;1-3-10(14)12-9(2)13-8-6-4-5-7-11(13)15;1-2-10(14)12-7-9-13-8-5-3-4-6-11(13)15/h1,3-11H2,2H3;2H,1,3-11H2;10H,1,4-8H2,2-3H3,(H,13,16);1,3-9H2,2H3,(H,13,16);3,9H,1,4-8H2,2H3,(H,12,14);2H,1,3-9H2,(H,12,14). The van der Waals surface area contributed by atoms with Crippen molar-refractivity contribution in [3.05, 3.63) is 74.4 Å². The highest BCUT2D eigenvalue weighted by molar-refractivity contribution is 5.93. The number of likely N-dealkylation sites (tertiary alicyclic amines) is 6. The molecule has 6 fully saturated rings. The molecule has 6 rings (SSSR count). The van der Waals surface area contributed by atoms with E-state index in [1.54, 1.807) is 30.6 Å². The summed E-state index contributed by atoms with van der Waals surface area (Å²) < 4.78 is 9.86. The third-order valence-electron chi connectivity index (χ3n) is 16.7. The molecule has 0 aliphatic carbocycles. The fourth-order valence-corrected chi connectivity index (χ4v) is 10.9. The molecule has 24 nitrogen and oxygen atoms in total. The second-order valence-electron chi connectivity index (χ2n) is 25.1. The highest BCUT2D eigenvalue weighted by Crippen LogP contribution is 2.17. The molecule has 0 aromatic rings. The van der Waals surface area contributed by atoms with Gasteiger partial charge in [0, 0.05) is 140 Å². The molecule has 546 valence electrons. The lowest BCUT2D eigenvalue weighted by atomic mass is 10.2. The maximum absolute atomic E-state index is 11.8. The predicted octanol–water partition coefficient (Wildman–Crippen LogP) is 8.42. The Kier molecular flexibility index (Phi) is 47.7. The Morgan fingerprint density at radius 2 is 0.753 bits per heavy atom. The van der Waals surface area contributed by atoms with Gasteiger partial charge in [-0.2, -0.15) is 0 Å². The number of ether oxygens (including phenoxy) is 2. The minimum atomic E-state index is -0.354. The first kappa shape index (κ1) is 87.1. The van der Waals surface area contributed by atoms with Gasteiger partial charge in [0.25, 0.3) is 0 Å². The van der Waals surface area contributed by atoms with E-state index in [1.165, 1.54) is 18.2 Å². The molecule has 0 radical (unpaired) electrons. The molecule has 0 aromatic carbocycles.